The number of carboxylic acids is 1. The minimum absolute atomic E-state index is 0.333. The average molecular weight is 227 g/mol. The molecule has 2 rings (SSSR count). The molecule has 86 valence electrons. The molecule has 0 heterocycles. The second-order valence-electron chi connectivity index (χ2n) is 4.13. The molecule has 16 heavy (non-hydrogen) atoms. The Hall–Kier alpha value is -1.49. The molecule has 1 aliphatic carbocycles. The van der Waals surface area contributed by atoms with E-state index in [9.17, 15) is 13.6 Å². The predicted octanol–water partition coefficient (Wildman–Crippen LogP) is 1.41. The van der Waals surface area contributed by atoms with Gasteiger partial charge in [0.05, 0.1) is 0 Å². The molecule has 0 spiro atoms. The highest BCUT2D eigenvalue weighted by atomic mass is 19.1. The Morgan fingerprint density at radius 1 is 1.31 bits per heavy atom. The molecular formula is C11H11F2NO2. The Morgan fingerprint density at radius 3 is 2.19 bits per heavy atom. The lowest BCUT2D eigenvalue weighted by Gasteiger charge is -2.20. The Morgan fingerprint density at radius 2 is 1.81 bits per heavy atom. The molecule has 1 aliphatic rings. The first-order valence-electron chi connectivity index (χ1n) is 4.91. The molecule has 1 saturated carbocycles. The molecule has 0 aromatic heterocycles. The van der Waals surface area contributed by atoms with Crippen molar-refractivity contribution in [2.75, 3.05) is 0 Å². The predicted molar refractivity (Wildman–Crippen MR) is 52.9 cm³/mol. The lowest BCUT2D eigenvalue weighted by molar-refractivity contribution is -0.139. The molecule has 1 aromatic carbocycles. The van der Waals surface area contributed by atoms with Gasteiger partial charge in [-0.3, -0.25) is 4.79 Å². The Bertz CT molecular complexity index is 423. The van der Waals surface area contributed by atoms with Gasteiger partial charge < -0.3 is 10.8 Å². The topological polar surface area (TPSA) is 63.3 Å². The van der Waals surface area contributed by atoms with Gasteiger partial charge >= 0.3 is 5.97 Å². The van der Waals surface area contributed by atoms with Crippen molar-refractivity contribution in [2.24, 2.45) is 5.73 Å². The van der Waals surface area contributed by atoms with E-state index in [2.05, 4.69) is 0 Å². The van der Waals surface area contributed by atoms with Gasteiger partial charge in [0.25, 0.3) is 0 Å². The first kappa shape index (κ1) is 11.0. The van der Waals surface area contributed by atoms with Gasteiger partial charge in [-0.05, 0) is 30.5 Å². The first-order valence-corrected chi connectivity index (χ1v) is 4.91. The fourth-order valence-electron chi connectivity index (χ4n) is 1.99. The fourth-order valence-corrected chi connectivity index (χ4v) is 1.99. The van der Waals surface area contributed by atoms with Crippen molar-refractivity contribution in [3.63, 3.8) is 0 Å². The number of hydrogen-bond donors (Lipinski definition) is 2. The van der Waals surface area contributed by atoms with Crippen LogP contribution in [0.3, 0.4) is 0 Å². The Labute approximate surface area is 90.9 Å². The summed E-state index contributed by atoms with van der Waals surface area (Å²) in [5, 5.41) is 8.85. The zero-order valence-corrected chi connectivity index (χ0v) is 8.41. The highest BCUT2D eigenvalue weighted by Crippen LogP contribution is 2.50. The molecule has 1 aromatic rings. The highest BCUT2D eigenvalue weighted by molar-refractivity contribution is 5.77. The lowest BCUT2D eigenvalue weighted by Crippen LogP contribution is -2.42. The van der Waals surface area contributed by atoms with E-state index in [4.69, 9.17) is 10.8 Å². The molecule has 5 heteroatoms. The molecule has 0 aliphatic heterocycles. The Balaban J connectivity index is 2.40. The van der Waals surface area contributed by atoms with Crippen molar-refractivity contribution in [1.82, 2.24) is 0 Å². The fraction of sp³-hybridized carbons (Fsp3) is 0.364. The summed E-state index contributed by atoms with van der Waals surface area (Å²) in [6.45, 7) is 0. The van der Waals surface area contributed by atoms with Crippen LogP contribution in [-0.4, -0.2) is 17.1 Å². The van der Waals surface area contributed by atoms with Gasteiger partial charge in [-0.15, -0.1) is 0 Å². The van der Waals surface area contributed by atoms with E-state index >= 15 is 0 Å². The van der Waals surface area contributed by atoms with Gasteiger partial charge in [0.15, 0.2) is 0 Å². The second kappa shape index (κ2) is 3.52. The number of halogens is 2. The summed E-state index contributed by atoms with van der Waals surface area (Å²) >= 11 is 0. The average Bonchev–Trinajstić information content (AvgIpc) is 2.95. The van der Waals surface area contributed by atoms with Crippen molar-refractivity contribution in [2.45, 2.75) is 24.3 Å². The number of carbonyl (C=O) groups is 1. The summed E-state index contributed by atoms with van der Waals surface area (Å²) in [6, 6.07) is 1.94. The number of aliphatic carboxylic acids is 1. The van der Waals surface area contributed by atoms with Gasteiger partial charge in [0, 0.05) is 11.5 Å². The molecule has 0 amide bonds. The van der Waals surface area contributed by atoms with Crippen LogP contribution in [0.4, 0.5) is 8.78 Å². The standard InChI is InChI=1S/C11H11F2NO2/c12-7-3-6(4-8(13)5-7)11(1-2-11)9(14)10(15)16/h3-5,9H,1-2,14H2,(H,15,16). The van der Waals surface area contributed by atoms with Crippen molar-refractivity contribution >= 4 is 5.97 Å². The lowest BCUT2D eigenvalue weighted by atomic mass is 9.88. The van der Waals surface area contributed by atoms with Crippen LogP contribution in [0, 0.1) is 11.6 Å². The third kappa shape index (κ3) is 1.67. The van der Waals surface area contributed by atoms with Crippen LogP contribution >= 0.6 is 0 Å². The maximum atomic E-state index is 13.0. The summed E-state index contributed by atoms with van der Waals surface area (Å²) < 4.78 is 26.0. The first-order chi connectivity index (χ1) is 7.45. The SMILES string of the molecule is NC(C(=O)O)C1(c2cc(F)cc(F)c2)CC1. The van der Waals surface area contributed by atoms with Crippen LogP contribution in [0.5, 0.6) is 0 Å². The van der Waals surface area contributed by atoms with E-state index in [1.807, 2.05) is 0 Å². The second-order valence-corrected chi connectivity index (χ2v) is 4.13. The van der Waals surface area contributed by atoms with Crippen molar-refractivity contribution in [3.05, 3.63) is 35.4 Å². The molecule has 1 atom stereocenters. The number of hydrogen-bond acceptors (Lipinski definition) is 2. The van der Waals surface area contributed by atoms with Gasteiger partial charge in [0.2, 0.25) is 0 Å². The van der Waals surface area contributed by atoms with E-state index in [0.717, 1.165) is 18.2 Å². The van der Waals surface area contributed by atoms with E-state index in [1.54, 1.807) is 0 Å². The summed E-state index contributed by atoms with van der Waals surface area (Å²) in [7, 11) is 0. The molecule has 3 nitrogen and oxygen atoms in total. The Kier molecular flexibility index (Phi) is 2.42. The zero-order chi connectivity index (χ0) is 11.9. The number of rotatable bonds is 3. The quantitative estimate of drug-likeness (QED) is 0.820. The van der Waals surface area contributed by atoms with Crippen molar-refractivity contribution < 1.29 is 18.7 Å². The highest BCUT2D eigenvalue weighted by Gasteiger charge is 2.52. The molecular weight excluding hydrogens is 216 g/mol. The molecule has 1 fully saturated rings. The molecule has 0 saturated heterocycles. The zero-order valence-electron chi connectivity index (χ0n) is 8.41. The normalized spacial score (nSPS) is 19.2. The van der Waals surface area contributed by atoms with E-state index in [0.29, 0.717) is 18.4 Å². The van der Waals surface area contributed by atoms with Gasteiger partial charge in [-0.1, -0.05) is 0 Å². The maximum Gasteiger partial charge on any atom is 0.321 e. The van der Waals surface area contributed by atoms with Crippen LogP contribution in [0.1, 0.15) is 18.4 Å². The number of nitrogens with two attached hydrogens (primary N) is 1. The largest absolute Gasteiger partial charge is 0.480 e. The molecule has 1 unspecified atom stereocenters. The number of benzene rings is 1. The van der Waals surface area contributed by atoms with Crippen LogP contribution in [-0.2, 0) is 10.2 Å². The number of carboxylic acid groups (broad SMARTS) is 1. The third-order valence-electron chi connectivity index (χ3n) is 3.09. The smallest absolute Gasteiger partial charge is 0.321 e. The third-order valence-corrected chi connectivity index (χ3v) is 3.09. The van der Waals surface area contributed by atoms with Crippen molar-refractivity contribution in [1.29, 1.82) is 0 Å². The van der Waals surface area contributed by atoms with Crippen molar-refractivity contribution in [3.8, 4) is 0 Å². The molecule has 0 radical (unpaired) electrons. The summed E-state index contributed by atoms with van der Waals surface area (Å²) in [4.78, 5) is 10.8. The summed E-state index contributed by atoms with van der Waals surface area (Å²) in [5.41, 5.74) is 5.08. The van der Waals surface area contributed by atoms with E-state index in [1.165, 1.54) is 0 Å². The van der Waals surface area contributed by atoms with Gasteiger partial charge in [-0.25, -0.2) is 8.78 Å². The maximum absolute atomic E-state index is 13.0. The molecule has 3 N–H and O–H groups in total. The van der Waals surface area contributed by atoms with E-state index < -0.39 is 29.1 Å². The monoisotopic (exact) mass is 227 g/mol. The van der Waals surface area contributed by atoms with Crippen LogP contribution in [0.15, 0.2) is 18.2 Å². The summed E-state index contributed by atoms with van der Waals surface area (Å²) in [5.74, 6) is -2.57. The van der Waals surface area contributed by atoms with Crippen LogP contribution in [0.2, 0.25) is 0 Å². The minimum atomic E-state index is -1.15. The van der Waals surface area contributed by atoms with Gasteiger partial charge in [0.1, 0.15) is 17.7 Å². The van der Waals surface area contributed by atoms with Gasteiger partial charge in [-0.2, -0.15) is 0 Å². The minimum Gasteiger partial charge on any atom is -0.480 e. The van der Waals surface area contributed by atoms with Crippen LogP contribution in [0.25, 0.3) is 0 Å². The molecule has 0 bridgehead atoms. The van der Waals surface area contributed by atoms with E-state index in [-0.39, 0.29) is 0 Å². The summed E-state index contributed by atoms with van der Waals surface area (Å²) in [6.07, 6.45) is 1.09. The van der Waals surface area contributed by atoms with Crippen LogP contribution < -0.4 is 5.73 Å².